The number of ether oxygens (including phenoxy) is 1. The van der Waals surface area contributed by atoms with Gasteiger partial charge in [0.2, 0.25) is 5.95 Å². The number of pyridine rings is 1. The van der Waals surface area contributed by atoms with Gasteiger partial charge < -0.3 is 15.0 Å². The van der Waals surface area contributed by atoms with E-state index in [1.54, 1.807) is 4.90 Å². The molecule has 0 saturated carbocycles. The van der Waals surface area contributed by atoms with Gasteiger partial charge in [-0.2, -0.15) is 0 Å². The number of rotatable bonds is 2. The average molecular weight is 333 g/mol. The lowest BCUT2D eigenvalue weighted by molar-refractivity contribution is 0.0104. The Morgan fingerprint density at radius 1 is 1.29 bits per heavy atom. The second-order valence-corrected chi connectivity index (χ2v) is 6.64. The van der Waals surface area contributed by atoms with Crippen molar-refractivity contribution in [2.75, 3.05) is 18.4 Å². The van der Waals surface area contributed by atoms with Gasteiger partial charge in [0.05, 0.1) is 6.04 Å². The molecule has 0 bridgehead atoms. The van der Waals surface area contributed by atoms with Gasteiger partial charge in [0.15, 0.2) is 5.65 Å². The van der Waals surface area contributed by atoms with E-state index >= 15 is 0 Å². The van der Waals surface area contributed by atoms with E-state index in [2.05, 4.69) is 15.5 Å². The topological polar surface area (TPSA) is 71.8 Å². The van der Waals surface area contributed by atoms with Crippen LogP contribution in [0.15, 0.2) is 18.3 Å². The Labute approximate surface area is 143 Å². The second kappa shape index (κ2) is 7.07. The molecule has 1 fully saturated rings. The van der Waals surface area contributed by atoms with Crippen LogP contribution in [0.5, 0.6) is 0 Å². The highest BCUT2D eigenvalue weighted by atomic mass is 16.6. The summed E-state index contributed by atoms with van der Waals surface area (Å²) in [7, 11) is 0. The van der Waals surface area contributed by atoms with Crippen LogP contribution in [0.3, 0.4) is 0 Å². The van der Waals surface area contributed by atoms with Crippen LogP contribution >= 0.6 is 0 Å². The van der Waals surface area contributed by atoms with Gasteiger partial charge in [0.1, 0.15) is 5.60 Å². The number of likely N-dealkylation sites (tertiary alicyclic amines) is 1. The zero-order valence-corrected chi connectivity index (χ0v) is 15.3. The Balaban J connectivity index is 0.00000100. The van der Waals surface area contributed by atoms with Gasteiger partial charge in [-0.1, -0.05) is 19.9 Å². The quantitative estimate of drug-likeness (QED) is 0.914. The molecule has 2 aromatic heterocycles. The summed E-state index contributed by atoms with van der Waals surface area (Å²) in [5.74, 6) is 0.701. The molecule has 132 valence electrons. The number of hydrogen-bond acceptors (Lipinski definition) is 5. The van der Waals surface area contributed by atoms with Crippen molar-refractivity contribution in [1.82, 2.24) is 19.5 Å². The third kappa shape index (κ3) is 3.96. The summed E-state index contributed by atoms with van der Waals surface area (Å²) in [5, 5.41) is 11.7. The predicted octanol–water partition coefficient (Wildman–Crippen LogP) is 3.10. The van der Waals surface area contributed by atoms with Crippen LogP contribution in [-0.4, -0.2) is 50.3 Å². The molecule has 1 N–H and O–H groups in total. The summed E-state index contributed by atoms with van der Waals surface area (Å²) >= 11 is 0. The third-order valence-electron chi connectivity index (χ3n) is 3.50. The van der Waals surface area contributed by atoms with Gasteiger partial charge in [-0.25, -0.2) is 4.79 Å². The standard InChI is InChI=1S/C15H21N5O2.C2H6/c1-10-6-5-7-20-12(10)17-18-13(20)16-11-8-19(9-11)14(21)22-15(2,3)4;1-2/h5-7,11H,8-9H2,1-4H3,(H,16,18);1-2H3. The summed E-state index contributed by atoms with van der Waals surface area (Å²) in [5.41, 5.74) is 1.46. The lowest BCUT2D eigenvalue weighted by atomic mass is 10.1. The number of hydrogen-bond donors (Lipinski definition) is 1. The molecule has 1 saturated heterocycles. The SMILES string of the molecule is CC.Cc1cccn2c(NC3CN(C(=O)OC(C)(C)C)C3)nnc12. The molecule has 0 unspecified atom stereocenters. The molecule has 3 rings (SSSR count). The predicted molar refractivity (Wildman–Crippen MR) is 94.3 cm³/mol. The lowest BCUT2D eigenvalue weighted by Crippen LogP contribution is -2.58. The first-order valence-electron chi connectivity index (χ1n) is 8.38. The summed E-state index contributed by atoms with van der Waals surface area (Å²) in [4.78, 5) is 13.6. The van der Waals surface area contributed by atoms with E-state index in [4.69, 9.17) is 4.74 Å². The molecule has 2 aromatic rings. The number of carbonyl (C=O) groups is 1. The van der Waals surface area contributed by atoms with Crippen molar-refractivity contribution in [3.63, 3.8) is 0 Å². The maximum Gasteiger partial charge on any atom is 0.410 e. The molecule has 0 spiro atoms. The van der Waals surface area contributed by atoms with Crippen molar-refractivity contribution in [2.45, 2.75) is 53.2 Å². The summed E-state index contributed by atoms with van der Waals surface area (Å²) < 4.78 is 7.26. The number of fused-ring (bicyclic) bond motifs is 1. The molecule has 24 heavy (non-hydrogen) atoms. The number of amides is 1. The van der Waals surface area contributed by atoms with Gasteiger partial charge in [0.25, 0.3) is 0 Å². The molecule has 7 nitrogen and oxygen atoms in total. The zero-order valence-electron chi connectivity index (χ0n) is 15.3. The first-order valence-corrected chi connectivity index (χ1v) is 8.38. The number of nitrogens with one attached hydrogen (secondary N) is 1. The Kier molecular flexibility index (Phi) is 5.31. The number of carbonyl (C=O) groups excluding carboxylic acids is 1. The minimum atomic E-state index is -0.462. The van der Waals surface area contributed by atoms with Gasteiger partial charge >= 0.3 is 6.09 Å². The molecule has 0 radical (unpaired) electrons. The highest BCUT2D eigenvalue weighted by molar-refractivity contribution is 5.69. The van der Waals surface area contributed by atoms with Crippen LogP contribution < -0.4 is 5.32 Å². The maximum atomic E-state index is 11.9. The van der Waals surface area contributed by atoms with Crippen LogP contribution in [0.2, 0.25) is 0 Å². The van der Waals surface area contributed by atoms with E-state index in [1.807, 2.05) is 64.3 Å². The lowest BCUT2D eigenvalue weighted by Gasteiger charge is -2.39. The van der Waals surface area contributed by atoms with E-state index in [1.165, 1.54) is 0 Å². The van der Waals surface area contributed by atoms with Crippen LogP contribution in [0.25, 0.3) is 5.65 Å². The molecule has 1 aliphatic heterocycles. The Morgan fingerprint density at radius 3 is 2.58 bits per heavy atom. The van der Waals surface area contributed by atoms with E-state index in [9.17, 15) is 4.79 Å². The van der Waals surface area contributed by atoms with Gasteiger partial charge in [-0.3, -0.25) is 4.40 Å². The Morgan fingerprint density at radius 2 is 1.96 bits per heavy atom. The van der Waals surface area contributed by atoms with Crippen molar-refractivity contribution >= 4 is 17.7 Å². The Bertz CT molecular complexity index is 699. The fourth-order valence-electron chi connectivity index (χ4n) is 2.38. The summed E-state index contributed by atoms with van der Waals surface area (Å²) in [6.07, 6.45) is 1.65. The molecule has 0 aliphatic carbocycles. The van der Waals surface area contributed by atoms with E-state index in [-0.39, 0.29) is 12.1 Å². The number of aromatic nitrogens is 3. The molecule has 0 atom stereocenters. The number of anilines is 1. The van der Waals surface area contributed by atoms with E-state index in [0.29, 0.717) is 19.0 Å². The average Bonchev–Trinajstić information content (AvgIpc) is 2.87. The Hall–Kier alpha value is -2.31. The molecule has 1 aliphatic rings. The van der Waals surface area contributed by atoms with Crippen LogP contribution in [0.1, 0.15) is 40.2 Å². The fraction of sp³-hybridized carbons (Fsp3) is 0.588. The minimum Gasteiger partial charge on any atom is -0.444 e. The summed E-state index contributed by atoms with van der Waals surface area (Å²) in [6, 6.07) is 4.13. The van der Waals surface area contributed by atoms with Gasteiger partial charge in [0, 0.05) is 19.3 Å². The highest BCUT2D eigenvalue weighted by Gasteiger charge is 2.34. The molecular weight excluding hydrogens is 306 g/mol. The monoisotopic (exact) mass is 333 g/mol. The molecule has 1 amide bonds. The molecule has 7 heteroatoms. The number of aryl methyl sites for hydroxylation is 1. The van der Waals surface area contributed by atoms with Crippen molar-refractivity contribution in [1.29, 1.82) is 0 Å². The number of nitrogens with zero attached hydrogens (tertiary/aromatic N) is 4. The second-order valence-electron chi connectivity index (χ2n) is 6.64. The third-order valence-corrected chi connectivity index (χ3v) is 3.50. The smallest absolute Gasteiger partial charge is 0.410 e. The van der Waals surface area contributed by atoms with Crippen LogP contribution in [0, 0.1) is 6.92 Å². The largest absolute Gasteiger partial charge is 0.444 e. The van der Waals surface area contributed by atoms with Crippen molar-refractivity contribution in [2.24, 2.45) is 0 Å². The van der Waals surface area contributed by atoms with Crippen molar-refractivity contribution in [3.8, 4) is 0 Å². The normalized spacial score (nSPS) is 14.7. The highest BCUT2D eigenvalue weighted by Crippen LogP contribution is 2.19. The van der Waals surface area contributed by atoms with Gasteiger partial charge in [-0.05, 0) is 39.3 Å². The summed E-state index contributed by atoms with van der Waals surface area (Å²) in [6.45, 7) is 12.8. The zero-order chi connectivity index (χ0) is 17.9. The fourth-order valence-corrected chi connectivity index (χ4v) is 2.38. The van der Waals surface area contributed by atoms with E-state index < -0.39 is 5.60 Å². The van der Waals surface area contributed by atoms with Gasteiger partial charge in [-0.15, -0.1) is 10.2 Å². The minimum absolute atomic E-state index is 0.167. The van der Waals surface area contributed by atoms with Crippen molar-refractivity contribution < 1.29 is 9.53 Å². The molecule has 3 heterocycles. The first-order chi connectivity index (χ1) is 11.3. The van der Waals surface area contributed by atoms with Crippen molar-refractivity contribution in [3.05, 3.63) is 23.9 Å². The maximum absolute atomic E-state index is 11.9. The molecule has 0 aromatic carbocycles. The van der Waals surface area contributed by atoms with E-state index in [0.717, 1.165) is 11.2 Å². The van der Waals surface area contributed by atoms with Crippen LogP contribution in [0.4, 0.5) is 10.7 Å². The first kappa shape index (κ1) is 18.0. The van der Waals surface area contributed by atoms with Crippen LogP contribution in [-0.2, 0) is 4.74 Å². The molecular formula is C17H27N5O2.